The molecule has 0 N–H and O–H groups in total. The molecule has 0 amide bonds. The largest absolute Gasteiger partial charge is 0.456 e. The number of nitrogens with zero attached hydrogens (tertiary/aromatic N) is 1. The third kappa shape index (κ3) is 3.37. The van der Waals surface area contributed by atoms with E-state index >= 15 is 0 Å². The van der Waals surface area contributed by atoms with Gasteiger partial charge in [0.25, 0.3) is 0 Å². The van der Waals surface area contributed by atoms with E-state index in [9.17, 15) is 0 Å². The maximum atomic E-state index is 6.69. The molecule has 0 saturated carbocycles. The minimum absolute atomic E-state index is 0.853. The number of benzene rings is 6. The summed E-state index contributed by atoms with van der Waals surface area (Å²) in [5, 5.41) is 4.38. The van der Waals surface area contributed by atoms with Crippen LogP contribution in [0.4, 0.5) is 17.1 Å². The second-order valence-corrected chi connectivity index (χ2v) is 9.72. The van der Waals surface area contributed by atoms with Gasteiger partial charge in [0.1, 0.15) is 16.7 Å². The second kappa shape index (κ2) is 8.64. The number of hydrogen-bond donors (Lipinski definition) is 0. The minimum Gasteiger partial charge on any atom is -0.456 e. The van der Waals surface area contributed by atoms with E-state index in [-0.39, 0.29) is 0 Å². The van der Waals surface area contributed by atoms with E-state index in [4.69, 9.17) is 8.83 Å². The molecule has 39 heavy (non-hydrogen) atoms. The summed E-state index contributed by atoms with van der Waals surface area (Å²) in [6, 6.07) is 48.2. The van der Waals surface area contributed by atoms with Crippen LogP contribution < -0.4 is 4.90 Å². The molecular formula is C36H23NO2. The fraction of sp³-hybridized carbons (Fsp3) is 0. The first-order chi connectivity index (χ1) is 19.4. The lowest BCUT2D eigenvalue weighted by atomic mass is 9.98. The maximum absolute atomic E-state index is 6.69. The Morgan fingerprint density at radius 2 is 1.03 bits per heavy atom. The van der Waals surface area contributed by atoms with Crippen molar-refractivity contribution in [2.45, 2.75) is 0 Å². The Morgan fingerprint density at radius 3 is 1.79 bits per heavy atom. The van der Waals surface area contributed by atoms with Gasteiger partial charge in [-0.25, -0.2) is 0 Å². The normalized spacial score (nSPS) is 11.6. The Morgan fingerprint density at radius 1 is 0.410 bits per heavy atom. The molecule has 0 fully saturated rings. The van der Waals surface area contributed by atoms with E-state index in [0.717, 1.165) is 72.1 Å². The van der Waals surface area contributed by atoms with Crippen molar-refractivity contribution in [1.29, 1.82) is 0 Å². The number of hydrogen-bond acceptors (Lipinski definition) is 3. The lowest BCUT2D eigenvalue weighted by Crippen LogP contribution is -2.10. The highest BCUT2D eigenvalue weighted by molar-refractivity contribution is 6.19. The van der Waals surface area contributed by atoms with Gasteiger partial charge in [-0.2, -0.15) is 0 Å². The van der Waals surface area contributed by atoms with Crippen molar-refractivity contribution in [1.82, 2.24) is 0 Å². The van der Waals surface area contributed by atoms with E-state index < -0.39 is 0 Å². The number of para-hydroxylation sites is 3. The van der Waals surface area contributed by atoms with Gasteiger partial charge in [-0.1, -0.05) is 97.1 Å². The molecule has 0 aliphatic rings. The highest BCUT2D eigenvalue weighted by Gasteiger charge is 2.24. The lowest BCUT2D eigenvalue weighted by molar-refractivity contribution is 0.668. The Balaban J connectivity index is 1.49. The highest BCUT2D eigenvalue weighted by atomic mass is 16.3. The summed E-state index contributed by atoms with van der Waals surface area (Å²) in [7, 11) is 0. The monoisotopic (exact) mass is 501 g/mol. The summed E-state index contributed by atoms with van der Waals surface area (Å²) in [5.74, 6) is 0. The van der Waals surface area contributed by atoms with Gasteiger partial charge in [0.05, 0.1) is 16.8 Å². The first-order valence-corrected chi connectivity index (χ1v) is 13.1. The topological polar surface area (TPSA) is 29.5 Å². The summed E-state index contributed by atoms with van der Waals surface area (Å²) in [6.45, 7) is 0. The molecule has 3 heteroatoms. The van der Waals surface area contributed by atoms with Gasteiger partial charge in [0.15, 0.2) is 5.58 Å². The average molecular weight is 502 g/mol. The van der Waals surface area contributed by atoms with Crippen LogP contribution in [0.2, 0.25) is 0 Å². The van der Waals surface area contributed by atoms with Gasteiger partial charge >= 0.3 is 0 Å². The van der Waals surface area contributed by atoms with E-state index in [1.54, 1.807) is 0 Å². The van der Waals surface area contributed by atoms with E-state index in [1.165, 1.54) is 0 Å². The summed E-state index contributed by atoms with van der Waals surface area (Å²) in [6.07, 6.45) is 0. The molecule has 0 unspecified atom stereocenters. The zero-order valence-corrected chi connectivity index (χ0v) is 21.0. The van der Waals surface area contributed by atoms with Crippen LogP contribution in [0.5, 0.6) is 0 Å². The molecule has 6 aromatic carbocycles. The molecule has 3 nitrogen and oxygen atoms in total. The zero-order chi connectivity index (χ0) is 25.8. The first-order valence-electron chi connectivity index (χ1n) is 13.1. The quantitative estimate of drug-likeness (QED) is 0.240. The van der Waals surface area contributed by atoms with Gasteiger partial charge < -0.3 is 13.7 Å². The molecule has 8 aromatic rings. The molecule has 0 aliphatic heterocycles. The zero-order valence-electron chi connectivity index (χ0n) is 21.0. The van der Waals surface area contributed by atoms with E-state index in [0.29, 0.717) is 0 Å². The van der Waals surface area contributed by atoms with Crippen molar-refractivity contribution in [3.8, 4) is 11.1 Å². The van der Waals surface area contributed by atoms with Crippen LogP contribution in [0, 0.1) is 0 Å². The van der Waals surface area contributed by atoms with Gasteiger partial charge in [0.2, 0.25) is 0 Å². The molecule has 0 aliphatic carbocycles. The lowest BCUT2D eigenvalue weighted by Gasteiger charge is -2.26. The molecule has 0 bridgehead atoms. The van der Waals surface area contributed by atoms with Gasteiger partial charge in [-0.3, -0.25) is 0 Å². The van der Waals surface area contributed by atoms with Crippen molar-refractivity contribution >= 4 is 60.9 Å². The molecule has 8 rings (SSSR count). The van der Waals surface area contributed by atoms with Crippen LogP contribution >= 0.6 is 0 Å². The Kier molecular flexibility index (Phi) is 4.82. The fourth-order valence-corrected chi connectivity index (χ4v) is 5.78. The van der Waals surface area contributed by atoms with Crippen molar-refractivity contribution in [2.75, 3.05) is 4.90 Å². The van der Waals surface area contributed by atoms with Crippen molar-refractivity contribution < 1.29 is 8.83 Å². The van der Waals surface area contributed by atoms with Crippen LogP contribution in [0.1, 0.15) is 0 Å². The average Bonchev–Trinajstić information content (AvgIpc) is 3.58. The van der Waals surface area contributed by atoms with Gasteiger partial charge in [-0.15, -0.1) is 0 Å². The molecule has 0 spiro atoms. The maximum Gasteiger partial charge on any atom is 0.160 e. The molecular weight excluding hydrogens is 478 g/mol. The van der Waals surface area contributed by atoms with Gasteiger partial charge in [-0.05, 0) is 53.6 Å². The number of fused-ring (bicyclic) bond motifs is 6. The fourth-order valence-electron chi connectivity index (χ4n) is 5.78. The highest BCUT2D eigenvalue weighted by Crippen LogP contribution is 2.48. The SMILES string of the molecule is c1ccc(-c2ccc(N(c3ccccc3)c3cccc4oc5ccccc5c34)c3oc4ccccc4c23)cc1. The number of rotatable bonds is 4. The molecule has 0 radical (unpaired) electrons. The third-order valence-corrected chi connectivity index (χ3v) is 7.47. The van der Waals surface area contributed by atoms with Crippen molar-refractivity contribution in [2.24, 2.45) is 0 Å². The smallest absolute Gasteiger partial charge is 0.160 e. The van der Waals surface area contributed by atoms with Gasteiger partial charge in [0, 0.05) is 21.8 Å². The van der Waals surface area contributed by atoms with Crippen LogP contribution in [0.3, 0.4) is 0 Å². The molecule has 0 atom stereocenters. The predicted molar refractivity (Wildman–Crippen MR) is 161 cm³/mol. The van der Waals surface area contributed by atoms with Crippen LogP contribution in [0.25, 0.3) is 55.0 Å². The molecule has 184 valence electrons. The Bertz CT molecular complexity index is 2120. The number of anilines is 3. The van der Waals surface area contributed by atoms with Crippen molar-refractivity contribution in [3.05, 3.63) is 140 Å². The van der Waals surface area contributed by atoms with E-state index in [2.05, 4.69) is 108 Å². The molecule has 2 heterocycles. The van der Waals surface area contributed by atoms with E-state index in [1.807, 2.05) is 36.4 Å². The number of furan rings is 2. The Hall–Kier alpha value is -5.28. The molecule has 2 aromatic heterocycles. The summed E-state index contributed by atoms with van der Waals surface area (Å²) in [5.41, 5.74) is 8.84. The summed E-state index contributed by atoms with van der Waals surface area (Å²) < 4.78 is 13.0. The Labute approximate surface area is 225 Å². The predicted octanol–water partition coefficient (Wildman–Crippen LogP) is 10.6. The minimum atomic E-state index is 0.853. The summed E-state index contributed by atoms with van der Waals surface area (Å²) in [4.78, 5) is 2.30. The van der Waals surface area contributed by atoms with Crippen molar-refractivity contribution in [3.63, 3.8) is 0 Å². The van der Waals surface area contributed by atoms with Crippen LogP contribution in [-0.4, -0.2) is 0 Å². The van der Waals surface area contributed by atoms with Crippen LogP contribution in [0.15, 0.2) is 148 Å². The third-order valence-electron chi connectivity index (χ3n) is 7.47. The molecule has 0 saturated heterocycles. The first kappa shape index (κ1) is 21.8. The second-order valence-electron chi connectivity index (χ2n) is 9.72. The summed E-state index contributed by atoms with van der Waals surface area (Å²) >= 11 is 0. The van der Waals surface area contributed by atoms with Crippen LogP contribution in [-0.2, 0) is 0 Å². The standard InChI is InChI=1S/C36H23NO2/c1-3-12-24(13-4-1)26-22-23-30(36-34(26)27-16-7-10-20-32(27)39-36)37(25-14-5-2-6-15-25)29-18-11-21-33-35(29)28-17-8-9-19-31(28)38-33/h1-23H.